The van der Waals surface area contributed by atoms with Gasteiger partial charge in [0.25, 0.3) is 0 Å². The van der Waals surface area contributed by atoms with Crippen LogP contribution in [0.25, 0.3) is 198 Å². The lowest BCUT2D eigenvalue weighted by atomic mass is 9.92. The van der Waals surface area contributed by atoms with Gasteiger partial charge in [-0.1, -0.05) is 352 Å². The van der Waals surface area contributed by atoms with Gasteiger partial charge in [0.1, 0.15) is 0 Å². The highest BCUT2D eigenvalue weighted by atomic mass is 14.8. The molecule has 15 aromatic carbocycles. The van der Waals surface area contributed by atoms with E-state index in [-0.39, 0.29) is 0 Å². The summed E-state index contributed by atoms with van der Waals surface area (Å²) in [7, 11) is 0. The Bertz CT molecular complexity index is 6760. The minimum absolute atomic E-state index is 0.915. The average molecular weight is 1460 g/mol. The zero-order chi connectivity index (χ0) is 76.6. The molecular weight excluding hydrogens is 1380 g/mol. The van der Waals surface area contributed by atoms with Crippen LogP contribution in [0, 0.1) is 27.7 Å². The largest absolute Gasteiger partial charge is 0.251 e. The third kappa shape index (κ3) is 13.5. The standard InChI is InChI=1S/C38H28N2.C36H24N2.C34H24N2/c1-25-23-35(31-17-13-29(14-18-31)27-9-5-3-6-10-27)33-21-22-34-36(24-26(2)40-38(34)37(33)39-25)32-19-15-30(16-20-32)28-11-7-4-8-12-28;1-5-13-25(14-6-1)31-23-33(27-17-9-3-10-18-27)37-35-29(31)21-22-30-32(26-15-7-2-8-16-26)24-34(38-36(30)35)28-19-11-4-12-20-28;1-21-19-31(27-15-7-11-23-9-3-5-13-25(23)27)29-17-18-30-32(20-22(2)36-34(30)33(29)35-21)28-16-8-12-24-10-4-6-14-26(24)28/h3-24H,1-2H3;1-24H;3-20H,1-2H3. The van der Waals surface area contributed by atoms with Crippen molar-refractivity contribution in [1.82, 2.24) is 29.9 Å². The Hall–Kier alpha value is -14.7. The quantitative estimate of drug-likeness (QED) is 0.127. The molecule has 0 aliphatic heterocycles. The molecule has 0 fully saturated rings. The summed E-state index contributed by atoms with van der Waals surface area (Å²) >= 11 is 0. The second-order valence-electron chi connectivity index (χ2n) is 29.3. The van der Waals surface area contributed by atoms with Gasteiger partial charge in [0.15, 0.2) is 0 Å². The maximum Gasteiger partial charge on any atom is 0.0978 e. The molecule has 21 aromatic rings. The van der Waals surface area contributed by atoms with Gasteiger partial charge < -0.3 is 0 Å². The van der Waals surface area contributed by atoms with Crippen LogP contribution in [0.5, 0.6) is 0 Å². The molecule has 0 saturated heterocycles. The summed E-state index contributed by atoms with van der Waals surface area (Å²) in [4.78, 5) is 30.7. The van der Waals surface area contributed by atoms with Crippen molar-refractivity contribution in [3.8, 4) is 112 Å². The zero-order valence-corrected chi connectivity index (χ0v) is 63.6. The summed E-state index contributed by atoms with van der Waals surface area (Å²) in [6, 6.07) is 137. The number of fused-ring (bicyclic) bond motifs is 11. The fraction of sp³-hybridized carbons (Fsp3) is 0.0370. The van der Waals surface area contributed by atoms with Crippen LogP contribution in [0.2, 0.25) is 0 Å². The van der Waals surface area contributed by atoms with Crippen LogP contribution in [-0.2, 0) is 0 Å². The highest BCUT2D eigenvalue weighted by Gasteiger charge is 2.21. The molecule has 0 unspecified atom stereocenters. The first kappa shape index (κ1) is 69.7. The number of aryl methyl sites for hydroxylation is 4. The van der Waals surface area contributed by atoms with Crippen molar-refractivity contribution in [2.75, 3.05) is 0 Å². The van der Waals surface area contributed by atoms with Crippen molar-refractivity contribution in [2.24, 2.45) is 0 Å². The van der Waals surface area contributed by atoms with Crippen LogP contribution in [0.15, 0.2) is 388 Å². The molecule has 0 aliphatic rings. The van der Waals surface area contributed by atoms with Crippen molar-refractivity contribution in [1.29, 1.82) is 0 Å². The van der Waals surface area contributed by atoms with Crippen LogP contribution in [0.3, 0.4) is 0 Å². The Morgan fingerprint density at radius 2 is 0.360 bits per heavy atom. The minimum atomic E-state index is 0.915. The van der Waals surface area contributed by atoms with E-state index in [1.807, 2.05) is 12.1 Å². The van der Waals surface area contributed by atoms with E-state index in [4.69, 9.17) is 29.9 Å². The fourth-order valence-corrected chi connectivity index (χ4v) is 16.5. The molecule has 0 bridgehead atoms. The van der Waals surface area contributed by atoms with Gasteiger partial charge in [0.2, 0.25) is 0 Å². The summed E-state index contributed by atoms with van der Waals surface area (Å²) in [6.45, 7) is 8.29. The number of nitrogens with zero attached hydrogens (tertiary/aromatic N) is 6. The molecule has 6 heterocycles. The van der Waals surface area contributed by atoms with Gasteiger partial charge in [-0.25, -0.2) is 9.97 Å². The Morgan fingerprint density at radius 1 is 0.140 bits per heavy atom. The topological polar surface area (TPSA) is 77.3 Å². The summed E-state index contributed by atoms with van der Waals surface area (Å²) in [5.74, 6) is 0. The maximum atomic E-state index is 5.27. The van der Waals surface area contributed by atoms with E-state index in [1.54, 1.807) is 0 Å². The van der Waals surface area contributed by atoms with Gasteiger partial charge in [-0.05, 0) is 175 Å². The molecular formula is C108H76N6. The number of aromatic nitrogens is 6. The maximum absolute atomic E-state index is 5.27. The lowest BCUT2D eigenvalue weighted by molar-refractivity contribution is 1.23. The van der Waals surface area contributed by atoms with E-state index in [0.717, 1.165) is 122 Å². The van der Waals surface area contributed by atoms with Gasteiger partial charge in [-0.3, -0.25) is 19.9 Å². The Labute approximate surface area is 662 Å². The number of rotatable bonds is 10. The average Bonchev–Trinajstić information content (AvgIpc) is 0.745. The monoisotopic (exact) mass is 1460 g/mol. The predicted octanol–water partition coefficient (Wildman–Crippen LogP) is 28.6. The highest BCUT2D eigenvalue weighted by molar-refractivity contribution is 6.17. The highest BCUT2D eigenvalue weighted by Crippen LogP contribution is 2.44. The van der Waals surface area contributed by atoms with Crippen molar-refractivity contribution in [3.05, 3.63) is 411 Å². The van der Waals surface area contributed by atoms with Crippen LogP contribution < -0.4 is 0 Å². The lowest BCUT2D eigenvalue weighted by Gasteiger charge is -2.15. The van der Waals surface area contributed by atoms with Crippen molar-refractivity contribution in [2.45, 2.75) is 27.7 Å². The first-order chi connectivity index (χ1) is 56.2. The molecule has 0 spiro atoms. The number of pyridine rings is 6. The fourth-order valence-electron chi connectivity index (χ4n) is 16.5. The van der Waals surface area contributed by atoms with E-state index in [9.17, 15) is 0 Å². The van der Waals surface area contributed by atoms with Gasteiger partial charge in [0.05, 0.1) is 44.5 Å². The van der Waals surface area contributed by atoms with E-state index in [0.29, 0.717) is 0 Å². The molecule has 0 aliphatic carbocycles. The molecule has 114 heavy (non-hydrogen) atoms. The normalized spacial score (nSPS) is 11.3. The Morgan fingerprint density at radius 3 is 0.684 bits per heavy atom. The number of benzene rings is 15. The van der Waals surface area contributed by atoms with Crippen molar-refractivity contribution in [3.63, 3.8) is 0 Å². The third-order valence-corrected chi connectivity index (χ3v) is 21.9. The summed E-state index contributed by atoms with van der Waals surface area (Å²) in [6.07, 6.45) is 0. The van der Waals surface area contributed by atoms with Crippen LogP contribution in [-0.4, -0.2) is 29.9 Å². The van der Waals surface area contributed by atoms with E-state index in [1.165, 1.54) is 99.4 Å². The molecule has 0 N–H and O–H groups in total. The van der Waals surface area contributed by atoms with Crippen LogP contribution in [0.4, 0.5) is 0 Å². The Balaban J connectivity index is 0.000000115. The zero-order valence-electron chi connectivity index (χ0n) is 63.6. The summed E-state index contributed by atoms with van der Waals surface area (Å²) in [5, 5.41) is 11.7. The summed E-state index contributed by atoms with van der Waals surface area (Å²) < 4.78 is 0. The molecule has 6 aromatic heterocycles. The molecule has 538 valence electrons. The molecule has 21 rings (SSSR count). The smallest absolute Gasteiger partial charge is 0.0978 e. The Kier molecular flexibility index (Phi) is 18.5. The molecule has 6 nitrogen and oxygen atoms in total. The molecule has 0 radical (unpaired) electrons. The first-order valence-electron chi connectivity index (χ1n) is 38.9. The van der Waals surface area contributed by atoms with Crippen LogP contribution >= 0.6 is 0 Å². The molecule has 6 heteroatoms. The van der Waals surface area contributed by atoms with E-state index in [2.05, 4.69) is 404 Å². The van der Waals surface area contributed by atoms with Gasteiger partial charge in [0, 0.05) is 66.2 Å². The molecule has 0 saturated carbocycles. The van der Waals surface area contributed by atoms with Gasteiger partial charge >= 0.3 is 0 Å². The third-order valence-electron chi connectivity index (χ3n) is 21.9. The van der Waals surface area contributed by atoms with E-state index >= 15 is 0 Å². The van der Waals surface area contributed by atoms with Crippen molar-refractivity contribution >= 4 is 87.0 Å². The van der Waals surface area contributed by atoms with Crippen LogP contribution in [0.1, 0.15) is 22.8 Å². The predicted molar refractivity (Wildman–Crippen MR) is 479 cm³/mol. The first-order valence-corrected chi connectivity index (χ1v) is 38.9. The number of hydrogen-bond donors (Lipinski definition) is 0. The molecule has 0 amide bonds. The number of hydrogen-bond acceptors (Lipinski definition) is 6. The second-order valence-corrected chi connectivity index (χ2v) is 29.3. The second kappa shape index (κ2) is 30.3. The molecule has 0 atom stereocenters. The minimum Gasteiger partial charge on any atom is -0.251 e. The van der Waals surface area contributed by atoms with Gasteiger partial charge in [-0.2, -0.15) is 0 Å². The SMILES string of the molecule is Cc1cc(-c2ccc(-c3ccccc3)cc2)c2ccc3c(-c4ccc(-c5ccccc5)cc4)cc(C)nc3c2n1.Cc1cc(-c2cccc3ccccc23)c2ccc3c(-c4cccc5ccccc45)cc(C)nc3c2n1.c1ccc(-c2cc(-c3ccccc3)c3ccc4c(-c5ccccc5)cc(-c5ccccc5)nc4c3n2)cc1. The van der Waals surface area contributed by atoms with E-state index < -0.39 is 0 Å². The summed E-state index contributed by atoms with van der Waals surface area (Å²) in [5.41, 5.74) is 32.8. The van der Waals surface area contributed by atoms with Crippen molar-refractivity contribution < 1.29 is 0 Å². The lowest BCUT2D eigenvalue weighted by Crippen LogP contribution is -1.95. The van der Waals surface area contributed by atoms with Gasteiger partial charge in [-0.15, -0.1) is 0 Å².